The minimum Gasteiger partial charge on any atom is -0.342 e. The molecule has 0 spiro atoms. The van der Waals surface area contributed by atoms with E-state index in [4.69, 9.17) is 5.73 Å². The maximum atomic E-state index is 12.8. The van der Waals surface area contributed by atoms with Crippen molar-refractivity contribution in [3.05, 3.63) is 35.6 Å². The van der Waals surface area contributed by atoms with Crippen LogP contribution in [0.15, 0.2) is 24.3 Å². The van der Waals surface area contributed by atoms with Crippen LogP contribution in [0.2, 0.25) is 0 Å². The Bertz CT molecular complexity index is 422. The first kappa shape index (κ1) is 15.9. The summed E-state index contributed by atoms with van der Waals surface area (Å²) in [6.07, 6.45) is 1.32. The second kappa shape index (κ2) is 6.87. The van der Waals surface area contributed by atoms with Gasteiger partial charge in [0.2, 0.25) is 5.91 Å². The number of benzene rings is 1. The third kappa shape index (κ3) is 4.18. The van der Waals surface area contributed by atoms with Crippen LogP contribution < -0.4 is 5.73 Å². The number of hydrogen-bond donors (Lipinski definition) is 1. The summed E-state index contributed by atoms with van der Waals surface area (Å²) >= 11 is 0. The summed E-state index contributed by atoms with van der Waals surface area (Å²) in [7, 11) is 0. The van der Waals surface area contributed by atoms with Crippen LogP contribution in [0.3, 0.4) is 0 Å². The quantitative estimate of drug-likeness (QED) is 0.924. The van der Waals surface area contributed by atoms with Gasteiger partial charge in [-0.3, -0.25) is 4.79 Å². The van der Waals surface area contributed by atoms with Gasteiger partial charge in [0.15, 0.2) is 0 Å². The largest absolute Gasteiger partial charge is 0.342 e. The smallest absolute Gasteiger partial charge is 0.226 e. The Morgan fingerprint density at radius 3 is 2.63 bits per heavy atom. The Balaban J connectivity index is 0.00000180. The van der Waals surface area contributed by atoms with Crippen molar-refractivity contribution < 1.29 is 9.18 Å². The van der Waals surface area contributed by atoms with Gasteiger partial charge in [-0.1, -0.05) is 12.1 Å². The van der Waals surface area contributed by atoms with Gasteiger partial charge >= 0.3 is 0 Å². The molecule has 1 fully saturated rings. The van der Waals surface area contributed by atoms with Crippen LogP contribution >= 0.6 is 12.4 Å². The molecule has 1 aromatic rings. The third-order valence-electron chi connectivity index (χ3n) is 3.59. The minimum atomic E-state index is -0.274. The molecule has 19 heavy (non-hydrogen) atoms. The standard InChI is InChI=1S/C14H19FN2O.ClH/c1-10(16)12-6-7-17(9-12)14(18)8-11-2-4-13(15)5-3-11;/h2-5,10,12H,6-9,16H2,1H3;1H. The van der Waals surface area contributed by atoms with E-state index in [0.29, 0.717) is 12.3 Å². The highest BCUT2D eigenvalue weighted by molar-refractivity contribution is 5.85. The highest BCUT2D eigenvalue weighted by atomic mass is 35.5. The second-order valence-electron chi connectivity index (χ2n) is 5.05. The maximum Gasteiger partial charge on any atom is 0.226 e. The Morgan fingerprint density at radius 2 is 2.11 bits per heavy atom. The van der Waals surface area contributed by atoms with E-state index < -0.39 is 0 Å². The van der Waals surface area contributed by atoms with E-state index in [2.05, 4.69) is 0 Å². The van der Waals surface area contributed by atoms with Gasteiger partial charge < -0.3 is 10.6 Å². The maximum absolute atomic E-state index is 12.8. The molecule has 3 nitrogen and oxygen atoms in total. The Kier molecular flexibility index (Phi) is 5.76. The fourth-order valence-electron chi connectivity index (χ4n) is 2.33. The summed E-state index contributed by atoms with van der Waals surface area (Å²) in [6.45, 7) is 3.52. The molecule has 0 saturated carbocycles. The number of nitrogens with zero attached hydrogens (tertiary/aromatic N) is 1. The molecule has 1 amide bonds. The van der Waals surface area contributed by atoms with Crippen molar-refractivity contribution in [1.29, 1.82) is 0 Å². The summed E-state index contributed by atoms with van der Waals surface area (Å²) in [4.78, 5) is 13.9. The predicted octanol–water partition coefficient (Wildman–Crippen LogP) is 1.99. The van der Waals surface area contributed by atoms with Crippen molar-refractivity contribution in [2.24, 2.45) is 11.7 Å². The molecule has 2 unspecified atom stereocenters. The van der Waals surface area contributed by atoms with E-state index >= 15 is 0 Å². The second-order valence-corrected chi connectivity index (χ2v) is 5.05. The number of carbonyl (C=O) groups is 1. The van der Waals surface area contributed by atoms with Crippen molar-refractivity contribution >= 4 is 18.3 Å². The molecule has 106 valence electrons. The third-order valence-corrected chi connectivity index (χ3v) is 3.59. The summed E-state index contributed by atoms with van der Waals surface area (Å²) in [6, 6.07) is 6.22. The number of amides is 1. The molecule has 1 saturated heterocycles. The van der Waals surface area contributed by atoms with Crippen LogP contribution in [-0.2, 0) is 11.2 Å². The van der Waals surface area contributed by atoms with E-state index in [-0.39, 0.29) is 30.2 Å². The van der Waals surface area contributed by atoms with E-state index in [1.165, 1.54) is 12.1 Å². The molecule has 2 atom stereocenters. The predicted molar refractivity (Wildman–Crippen MR) is 75.7 cm³/mol. The SMILES string of the molecule is CC(N)C1CCN(C(=O)Cc2ccc(F)cc2)C1.Cl. The molecule has 1 aliphatic rings. The fraction of sp³-hybridized carbons (Fsp3) is 0.500. The van der Waals surface area contributed by atoms with E-state index in [0.717, 1.165) is 25.1 Å². The molecular weight excluding hydrogens is 267 g/mol. The number of carbonyl (C=O) groups excluding carboxylic acids is 1. The average molecular weight is 287 g/mol. The lowest BCUT2D eigenvalue weighted by Crippen LogP contribution is -2.33. The van der Waals surface area contributed by atoms with Crippen molar-refractivity contribution in [3.8, 4) is 0 Å². The van der Waals surface area contributed by atoms with Gasteiger partial charge in [-0.05, 0) is 37.0 Å². The first-order chi connectivity index (χ1) is 8.56. The lowest BCUT2D eigenvalue weighted by molar-refractivity contribution is -0.129. The summed E-state index contributed by atoms with van der Waals surface area (Å²) < 4.78 is 12.8. The molecule has 0 aliphatic carbocycles. The molecule has 0 bridgehead atoms. The van der Waals surface area contributed by atoms with Gasteiger partial charge in [-0.15, -0.1) is 12.4 Å². The van der Waals surface area contributed by atoms with Gasteiger partial charge in [-0.2, -0.15) is 0 Å². The number of halogens is 2. The van der Waals surface area contributed by atoms with Gasteiger partial charge in [0.25, 0.3) is 0 Å². The highest BCUT2D eigenvalue weighted by Crippen LogP contribution is 2.19. The number of rotatable bonds is 3. The van der Waals surface area contributed by atoms with Gasteiger partial charge in [0.1, 0.15) is 5.82 Å². The van der Waals surface area contributed by atoms with Crippen molar-refractivity contribution in [1.82, 2.24) is 4.90 Å². The number of nitrogens with two attached hydrogens (primary N) is 1. The summed E-state index contributed by atoms with van der Waals surface area (Å²) in [5, 5.41) is 0. The highest BCUT2D eigenvalue weighted by Gasteiger charge is 2.28. The normalized spacial score (nSPS) is 19.9. The zero-order valence-corrected chi connectivity index (χ0v) is 11.8. The Hall–Kier alpha value is -1.13. The number of likely N-dealkylation sites (tertiary alicyclic amines) is 1. The molecule has 1 aliphatic heterocycles. The minimum absolute atomic E-state index is 0. The molecule has 1 aromatic carbocycles. The van der Waals surface area contributed by atoms with Gasteiger partial charge in [0.05, 0.1) is 6.42 Å². The molecule has 2 N–H and O–H groups in total. The monoisotopic (exact) mass is 286 g/mol. The van der Waals surface area contributed by atoms with Crippen LogP contribution in [0.25, 0.3) is 0 Å². The van der Waals surface area contributed by atoms with Crippen molar-refractivity contribution in [3.63, 3.8) is 0 Å². The van der Waals surface area contributed by atoms with E-state index in [1.54, 1.807) is 12.1 Å². The molecular formula is C14H20ClFN2O. The van der Waals surface area contributed by atoms with Crippen molar-refractivity contribution in [2.75, 3.05) is 13.1 Å². The lowest BCUT2D eigenvalue weighted by Gasteiger charge is -2.18. The lowest BCUT2D eigenvalue weighted by atomic mass is 10.0. The van der Waals surface area contributed by atoms with E-state index in [1.807, 2.05) is 11.8 Å². The Morgan fingerprint density at radius 1 is 1.47 bits per heavy atom. The average Bonchev–Trinajstić information content (AvgIpc) is 2.81. The van der Waals surface area contributed by atoms with Crippen LogP contribution in [0, 0.1) is 11.7 Å². The first-order valence-corrected chi connectivity index (χ1v) is 6.34. The zero-order valence-electron chi connectivity index (χ0n) is 11.0. The molecule has 5 heteroatoms. The zero-order chi connectivity index (χ0) is 13.1. The van der Waals surface area contributed by atoms with Crippen LogP contribution in [-0.4, -0.2) is 29.9 Å². The first-order valence-electron chi connectivity index (χ1n) is 6.34. The van der Waals surface area contributed by atoms with Gasteiger partial charge in [-0.25, -0.2) is 4.39 Å². The molecule has 0 aromatic heterocycles. The van der Waals surface area contributed by atoms with Crippen molar-refractivity contribution in [2.45, 2.75) is 25.8 Å². The molecule has 0 radical (unpaired) electrons. The topological polar surface area (TPSA) is 46.3 Å². The molecule has 2 rings (SSSR count). The van der Waals surface area contributed by atoms with Gasteiger partial charge in [0, 0.05) is 19.1 Å². The molecule has 1 heterocycles. The van der Waals surface area contributed by atoms with Crippen LogP contribution in [0.5, 0.6) is 0 Å². The fourth-order valence-corrected chi connectivity index (χ4v) is 2.33. The summed E-state index contributed by atoms with van der Waals surface area (Å²) in [5.74, 6) is 0.233. The van der Waals surface area contributed by atoms with E-state index in [9.17, 15) is 9.18 Å². The summed E-state index contributed by atoms with van der Waals surface area (Å²) in [5.41, 5.74) is 6.70. The van der Waals surface area contributed by atoms with Crippen LogP contribution in [0.4, 0.5) is 4.39 Å². The number of hydrogen-bond acceptors (Lipinski definition) is 2. The Labute approximate surface area is 119 Å². The van der Waals surface area contributed by atoms with Crippen LogP contribution in [0.1, 0.15) is 18.9 Å².